The lowest BCUT2D eigenvalue weighted by molar-refractivity contribution is 0.418. The Kier molecular flexibility index (Phi) is 3.99. The molecule has 0 atom stereocenters. The normalized spacial score (nSPS) is 10.4. The summed E-state index contributed by atoms with van der Waals surface area (Å²) < 4.78 is 33.1. The van der Waals surface area contributed by atoms with Gasteiger partial charge in [0.1, 0.15) is 5.75 Å². The van der Waals surface area contributed by atoms with Crippen LogP contribution in [0.3, 0.4) is 0 Å². The van der Waals surface area contributed by atoms with E-state index in [0.29, 0.717) is 5.75 Å². The van der Waals surface area contributed by atoms with E-state index < -0.39 is 11.6 Å². The molecule has 2 aromatic rings. The van der Waals surface area contributed by atoms with E-state index in [1.54, 1.807) is 18.2 Å². The van der Waals surface area contributed by atoms with E-state index in [-0.39, 0.29) is 11.7 Å². The summed E-state index contributed by atoms with van der Waals surface area (Å²) >= 11 is 3.36. The summed E-state index contributed by atoms with van der Waals surface area (Å²) in [7, 11) is 1.50. The second-order valence-electron chi connectivity index (χ2n) is 3.87. The third-order valence-corrected chi connectivity index (χ3v) is 3.37. The zero-order valence-electron chi connectivity index (χ0n) is 10.3. The molecule has 2 rings (SSSR count). The molecule has 0 fully saturated rings. The van der Waals surface area contributed by atoms with E-state index >= 15 is 0 Å². The molecule has 1 N–H and O–H groups in total. The fraction of sp³-hybridized carbons (Fsp3) is 0.154. The van der Waals surface area contributed by atoms with Crippen molar-refractivity contribution >= 4 is 21.7 Å². The van der Waals surface area contributed by atoms with Crippen molar-refractivity contribution < 1.29 is 13.5 Å². The number of hydrogen-bond acceptors (Lipinski definition) is 3. The molecule has 0 saturated heterocycles. The Morgan fingerprint density at radius 2 is 1.95 bits per heavy atom. The SMILES string of the molecule is CNc1nc(Oc2ccc(Br)c(C)c2)c(F)cc1F. The summed E-state index contributed by atoms with van der Waals surface area (Å²) in [5.74, 6) is -1.52. The van der Waals surface area contributed by atoms with Crippen LogP contribution in [0.5, 0.6) is 11.6 Å². The lowest BCUT2D eigenvalue weighted by Crippen LogP contribution is -2.01. The number of halogens is 3. The van der Waals surface area contributed by atoms with Crippen LogP contribution in [-0.4, -0.2) is 12.0 Å². The standard InChI is InChI=1S/C13H11BrF2N2O/c1-7-5-8(3-4-9(7)14)19-13-11(16)6-10(15)12(17-2)18-13/h3-6H,1-2H3,(H,17,18). The molecule has 0 saturated carbocycles. The van der Waals surface area contributed by atoms with Crippen molar-refractivity contribution in [1.82, 2.24) is 4.98 Å². The number of anilines is 1. The van der Waals surface area contributed by atoms with Crippen molar-refractivity contribution in [3.8, 4) is 11.6 Å². The highest BCUT2D eigenvalue weighted by Crippen LogP contribution is 2.28. The van der Waals surface area contributed by atoms with E-state index in [2.05, 4.69) is 26.2 Å². The number of rotatable bonds is 3. The Balaban J connectivity index is 2.34. The predicted octanol–water partition coefficient (Wildman–Crippen LogP) is 4.26. The Morgan fingerprint density at radius 1 is 1.21 bits per heavy atom. The number of nitrogens with zero attached hydrogens (tertiary/aromatic N) is 1. The van der Waals surface area contributed by atoms with E-state index in [4.69, 9.17) is 4.74 Å². The first kappa shape index (κ1) is 13.7. The first-order valence-electron chi connectivity index (χ1n) is 5.49. The minimum Gasteiger partial charge on any atom is -0.436 e. The molecule has 0 aliphatic rings. The average Bonchev–Trinajstić information content (AvgIpc) is 2.37. The third-order valence-electron chi connectivity index (χ3n) is 2.48. The van der Waals surface area contributed by atoms with Gasteiger partial charge in [-0.1, -0.05) is 15.9 Å². The molecule has 19 heavy (non-hydrogen) atoms. The van der Waals surface area contributed by atoms with E-state index in [1.807, 2.05) is 6.92 Å². The molecular formula is C13H11BrF2N2O. The number of hydrogen-bond donors (Lipinski definition) is 1. The van der Waals surface area contributed by atoms with Gasteiger partial charge in [0, 0.05) is 17.6 Å². The molecule has 0 aliphatic carbocycles. The van der Waals surface area contributed by atoms with Gasteiger partial charge in [-0.15, -0.1) is 0 Å². The Morgan fingerprint density at radius 3 is 2.58 bits per heavy atom. The van der Waals surface area contributed by atoms with Crippen molar-refractivity contribution in [3.63, 3.8) is 0 Å². The maximum Gasteiger partial charge on any atom is 0.258 e. The molecule has 0 spiro atoms. The molecule has 1 heterocycles. The maximum absolute atomic E-state index is 13.6. The van der Waals surface area contributed by atoms with Crippen molar-refractivity contribution in [3.05, 3.63) is 45.9 Å². The smallest absolute Gasteiger partial charge is 0.258 e. The molecule has 0 unspecified atom stereocenters. The largest absolute Gasteiger partial charge is 0.436 e. The molecule has 1 aromatic carbocycles. The van der Waals surface area contributed by atoms with Gasteiger partial charge in [0.25, 0.3) is 5.88 Å². The molecule has 3 nitrogen and oxygen atoms in total. The lowest BCUT2D eigenvalue weighted by Gasteiger charge is -2.09. The molecule has 0 radical (unpaired) electrons. The topological polar surface area (TPSA) is 34.2 Å². The zero-order valence-corrected chi connectivity index (χ0v) is 11.9. The molecule has 1 aromatic heterocycles. The molecule has 0 bridgehead atoms. The van der Waals surface area contributed by atoms with Crippen LogP contribution >= 0.6 is 15.9 Å². The Labute approximate surface area is 117 Å². The number of benzene rings is 1. The van der Waals surface area contributed by atoms with Gasteiger partial charge in [0.2, 0.25) is 0 Å². The number of ether oxygens (including phenoxy) is 1. The minimum absolute atomic E-state index is 0.0646. The van der Waals surface area contributed by atoms with E-state index in [1.165, 1.54) is 7.05 Å². The van der Waals surface area contributed by atoms with Crippen LogP contribution < -0.4 is 10.1 Å². The molecular weight excluding hydrogens is 318 g/mol. The fourth-order valence-electron chi connectivity index (χ4n) is 1.49. The second-order valence-corrected chi connectivity index (χ2v) is 4.72. The number of pyridine rings is 1. The van der Waals surface area contributed by atoms with Crippen molar-refractivity contribution in [2.45, 2.75) is 6.92 Å². The van der Waals surface area contributed by atoms with Crippen LogP contribution in [-0.2, 0) is 0 Å². The molecule has 100 valence electrons. The van der Waals surface area contributed by atoms with E-state index in [9.17, 15) is 8.78 Å². The van der Waals surface area contributed by atoms with Gasteiger partial charge < -0.3 is 10.1 Å². The number of nitrogens with one attached hydrogen (secondary N) is 1. The van der Waals surface area contributed by atoms with Gasteiger partial charge >= 0.3 is 0 Å². The van der Waals surface area contributed by atoms with Gasteiger partial charge in [-0.3, -0.25) is 0 Å². The maximum atomic E-state index is 13.6. The van der Waals surface area contributed by atoms with Crippen LogP contribution in [0.2, 0.25) is 0 Å². The van der Waals surface area contributed by atoms with Crippen LogP contribution in [0, 0.1) is 18.6 Å². The summed E-state index contributed by atoms with van der Waals surface area (Å²) in [6, 6.07) is 5.92. The van der Waals surface area contributed by atoms with Crippen LogP contribution in [0.4, 0.5) is 14.6 Å². The first-order chi connectivity index (χ1) is 9.01. The number of aromatic nitrogens is 1. The summed E-state index contributed by atoms with van der Waals surface area (Å²) in [5, 5.41) is 2.53. The molecule has 6 heteroatoms. The highest BCUT2D eigenvalue weighted by atomic mass is 79.9. The van der Waals surface area contributed by atoms with Gasteiger partial charge in [0.05, 0.1) is 0 Å². The highest BCUT2D eigenvalue weighted by molar-refractivity contribution is 9.10. The zero-order chi connectivity index (χ0) is 14.0. The summed E-state index contributed by atoms with van der Waals surface area (Å²) in [6.07, 6.45) is 0. The van der Waals surface area contributed by atoms with Crippen molar-refractivity contribution in [2.75, 3.05) is 12.4 Å². The Hall–Kier alpha value is -1.69. The Bertz CT molecular complexity index is 620. The molecule has 0 amide bonds. The first-order valence-corrected chi connectivity index (χ1v) is 6.28. The highest BCUT2D eigenvalue weighted by Gasteiger charge is 2.13. The second kappa shape index (κ2) is 5.52. The van der Waals surface area contributed by atoms with Crippen molar-refractivity contribution in [1.29, 1.82) is 0 Å². The minimum atomic E-state index is -0.850. The monoisotopic (exact) mass is 328 g/mol. The molecule has 0 aliphatic heterocycles. The fourth-order valence-corrected chi connectivity index (χ4v) is 1.74. The van der Waals surface area contributed by atoms with Crippen LogP contribution in [0.1, 0.15) is 5.56 Å². The number of aryl methyl sites for hydroxylation is 1. The van der Waals surface area contributed by atoms with Gasteiger partial charge in [-0.2, -0.15) is 4.98 Å². The van der Waals surface area contributed by atoms with Crippen molar-refractivity contribution in [2.24, 2.45) is 0 Å². The summed E-state index contributed by atoms with van der Waals surface area (Å²) in [4.78, 5) is 3.74. The summed E-state index contributed by atoms with van der Waals surface area (Å²) in [6.45, 7) is 1.88. The average molecular weight is 329 g/mol. The predicted molar refractivity (Wildman–Crippen MR) is 72.7 cm³/mol. The van der Waals surface area contributed by atoms with Gasteiger partial charge in [0.15, 0.2) is 17.5 Å². The lowest BCUT2D eigenvalue weighted by atomic mass is 10.2. The van der Waals surface area contributed by atoms with Crippen LogP contribution in [0.15, 0.2) is 28.7 Å². The van der Waals surface area contributed by atoms with E-state index in [0.717, 1.165) is 16.1 Å². The van der Waals surface area contributed by atoms with Gasteiger partial charge in [-0.25, -0.2) is 8.78 Å². The van der Waals surface area contributed by atoms with Crippen LogP contribution in [0.25, 0.3) is 0 Å². The third kappa shape index (κ3) is 3.01. The van der Waals surface area contributed by atoms with Gasteiger partial charge in [-0.05, 0) is 30.7 Å². The quantitative estimate of drug-likeness (QED) is 0.913. The summed E-state index contributed by atoms with van der Waals surface area (Å²) in [5.41, 5.74) is 0.939.